The molecular formula is C24H34. The van der Waals surface area contributed by atoms with Crippen molar-refractivity contribution in [2.45, 2.75) is 72.1 Å². The van der Waals surface area contributed by atoms with Crippen LogP contribution in [0.2, 0.25) is 0 Å². The predicted octanol–water partition coefficient (Wildman–Crippen LogP) is 7.07. The van der Waals surface area contributed by atoms with Crippen LogP contribution >= 0.6 is 0 Å². The summed E-state index contributed by atoms with van der Waals surface area (Å²) in [6, 6.07) is 18.2. The zero-order valence-corrected chi connectivity index (χ0v) is 15.9. The topological polar surface area (TPSA) is 0 Å². The Morgan fingerprint density at radius 2 is 1.08 bits per heavy atom. The normalized spacial score (nSPS) is 11.2. The van der Waals surface area contributed by atoms with E-state index in [1.54, 1.807) is 0 Å². The Morgan fingerprint density at radius 3 is 1.50 bits per heavy atom. The second kappa shape index (κ2) is 10.3. The number of aryl methyl sites for hydroxylation is 4. The van der Waals surface area contributed by atoms with Gasteiger partial charge in [-0.25, -0.2) is 0 Å². The summed E-state index contributed by atoms with van der Waals surface area (Å²) in [5.74, 6) is 0.860. The van der Waals surface area contributed by atoms with E-state index < -0.39 is 0 Å². The first-order valence-corrected chi connectivity index (χ1v) is 9.78. The van der Waals surface area contributed by atoms with Gasteiger partial charge in [-0.2, -0.15) is 0 Å². The van der Waals surface area contributed by atoms with Crippen molar-refractivity contribution in [1.29, 1.82) is 0 Å². The molecule has 0 aliphatic rings. The first-order valence-electron chi connectivity index (χ1n) is 9.78. The summed E-state index contributed by atoms with van der Waals surface area (Å²) in [4.78, 5) is 0. The van der Waals surface area contributed by atoms with Crippen LogP contribution in [0.5, 0.6) is 0 Å². The number of unbranched alkanes of at least 4 members (excludes halogenated alkanes) is 2. The van der Waals surface area contributed by atoms with Crippen molar-refractivity contribution in [2.75, 3.05) is 0 Å². The summed E-state index contributed by atoms with van der Waals surface area (Å²) in [6.07, 6.45) is 10.6. The molecule has 2 rings (SSSR count). The molecule has 0 aromatic heterocycles. The Morgan fingerprint density at radius 1 is 0.625 bits per heavy atom. The monoisotopic (exact) mass is 322 g/mol. The standard InChI is InChI=1S/C24H34/c1-4-5-6-7-22(16-18-23-12-8-20(2)9-13-23)17-19-24-14-10-21(3)11-15-24/h8-15,22H,4-7,16-19H2,1-3H3. The predicted molar refractivity (Wildman–Crippen MR) is 107 cm³/mol. The van der Waals surface area contributed by atoms with Crippen LogP contribution in [-0.4, -0.2) is 0 Å². The summed E-state index contributed by atoms with van der Waals surface area (Å²) in [7, 11) is 0. The molecular weight excluding hydrogens is 288 g/mol. The quantitative estimate of drug-likeness (QED) is 0.410. The molecule has 24 heavy (non-hydrogen) atoms. The summed E-state index contributed by atoms with van der Waals surface area (Å²) >= 11 is 0. The fourth-order valence-corrected chi connectivity index (χ4v) is 3.37. The molecule has 0 aliphatic carbocycles. The minimum Gasteiger partial charge on any atom is -0.0654 e. The van der Waals surface area contributed by atoms with E-state index in [0.717, 1.165) is 5.92 Å². The SMILES string of the molecule is CCCCCC(CCc1ccc(C)cc1)CCc1ccc(C)cc1. The molecule has 0 unspecified atom stereocenters. The highest BCUT2D eigenvalue weighted by Crippen LogP contribution is 2.22. The third kappa shape index (κ3) is 6.91. The Kier molecular flexibility index (Phi) is 8.08. The molecule has 2 aromatic carbocycles. The molecule has 0 saturated carbocycles. The molecule has 0 spiro atoms. The minimum atomic E-state index is 0.860. The van der Waals surface area contributed by atoms with Crippen molar-refractivity contribution in [2.24, 2.45) is 5.92 Å². The van der Waals surface area contributed by atoms with Crippen LogP contribution < -0.4 is 0 Å². The van der Waals surface area contributed by atoms with Gasteiger partial charge < -0.3 is 0 Å². The lowest BCUT2D eigenvalue weighted by Crippen LogP contribution is -2.05. The molecule has 0 saturated heterocycles. The second-order valence-corrected chi connectivity index (χ2v) is 7.41. The van der Waals surface area contributed by atoms with Gasteiger partial charge >= 0.3 is 0 Å². The van der Waals surface area contributed by atoms with Gasteiger partial charge in [-0.3, -0.25) is 0 Å². The average molecular weight is 323 g/mol. The lowest BCUT2D eigenvalue weighted by Gasteiger charge is -2.17. The lowest BCUT2D eigenvalue weighted by molar-refractivity contribution is 0.402. The van der Waals surface area contributed by atoms with E-state index in [0.29, 0.717) is 0 Å². The highest BCUT2D eigenvalue weighted by molar-refractivity contribution is 5.22. The maximum Gasteiger partial charge on any atom is -0.0276 e. The largest absolute Gasteiger partial charge is 0.0654 e. The molecule has 0 fully saturated rings. The van der Waals surface area contributed by atoms with Gasteiger partial charge in [0.25, 0.3) is 0 Å². The molecule has 130 valence electrons. The molecule has 0 nitrogen and oxygen atoms in total. The molecule has 0 amide bonds. The van der Waals surface area contributed by atoms with Crippen molar-refractivity contribution in [1.82, 2.24) is 0 Å². The van der Waals surface area contributed by atoms with Gasteiger partial charge in [0, 0.05) is 0 Å². The third-order valence-corrected chi connectivity index (χ3v) is 5.14. The van der Waals surface area contributed by atoms with E-state index in [9.17, 15) is 0 Å². The number of hydrogen-bond donors (Lipinski definition) is 0. The number of benzene rings is 2. The smallest absolute Gasteiger partial charge is 0.0276 e. The maximum atomic E-state index is 2.30. The van der Waals surface area contributed by atoms with Crippen molar-refractivity contribution in [3.63, 3.8) is 0 Å². The summed E-state index contributed by atoms with van der Waals surface area (Å²) in [5, 5.41) is 0. The molecule has 0 aliphatic heterocycles. The lowest BCUT2D eigenvalue weighted by atomic mass is 9.89. The Balaban J connectivity index is 1.85. The van der Waals surface area contributed by atoms with E-state index in [-0.39, 0.29) is 0 Å². The molecule has 0 atom stereocenters. The van der Waals surface area contributed by atoms with Gasteiger partial charge in [-0.05, 0) is 56.6 Å². The summed E-state index contributed by atoms with van der Waals surface area (Å²) in [5.41, 5.74) is 5.71. The highest BCUT2D eigenvalue weighted by Gasteiger charge is 2.09. The first-order chi connectivity index (χ1) is 11.7. The van der Waals surface area contributed by atoms with Gasteiger partial charge in [0.1, 0.15) is 0 Å². The van der Waals surface area contributed by atoms with Crippen molar-refractivity contribution < 1.29 is 0 Å². The molecule has 0 bridgehead atoms. The molecule has 0 heteroatoms. The van der Waals surface area contributed by atoms with E-state index >= 15 is 0 Å². The Bertz CT molecular complexity index is 512. The van der Waals surface area contributed by atoms with Crippen LogP contribution in [-0.2, 0) is 12.8 Å². The van der Waals surface area contributed by atoms with Crippen molar-refractivity contribution in [3.8, 4) is 0 Å². The zero-order chi connectivity index (χ0) is 17.2. The number of rotatable bonds is 10. The third-order valence-electron chi connectivity index (χ3n) is 5.14. The summed E-state index contributed by atoms with van der Waals surface area (Å²) in [6.45, 7) is 6.63. The van der Waals surface area contributed by atoms with Crippen LogP contribution in [0.25, 0.3) is 0 Å². The van der Waals surface area contributed by atoms with Crippen molar-refractivity contribution in [3.05, 3.63) is 70.8 Å². The molecule has 2 aromatic rings. The van der Waals surface area contributed by atoms with E-state index in [2.05, 4.69) is 69.3 Å². The van der Waals surface area contributed by atoms with Gasteiger partial charge in [-0.1, -0.05) is 92.3 Å². The fraction of sp³-hybridized carbons (Fsp3) is 0.500. The molecule has 0 heterocycles. The van der Waals surface area contributed by atoms with Gasteiger partial charge in [-0.15, -0.1) is 0 Å². The van der Waals surface area contributed by atoms with Gasteiger partial charge in [0.05, 0.1) is 0 Å². The van der Waals surface area contributed by atoms with Crippen LogP contribution in [0.1, 0.15) is 67.7 Å². The Labute approximate surface area is 149 Å². The van der Waals surface area contributed by atoms with Crippen LogP contribution in [0.3, 0.4) is 0 Å². The van der Waals surface area contributed by atoms with E-state index in [4.69, 9.17) is 0 Å². The zero-order valence-electron chi connectivity index (χ0n) is 15.9. The average Bonchev–Trinajstić information content (AvgIpc) is 2.60. The minimum absolute atomic E-state index is 0.860. The van der Waals surface area contributed by atoms with E-state index in [1.165, 1.54) is 73.6 Å². The first kappa shape index (κ1) is 18.8. The molecule has 0 N–H and O–H groups in total. The Hall–Kier alpha value is -1.56. The van der Waals surface area contributed by atoms with E-state index in [1.807, 2.05) is 0 Å². The van der Waals surface area contributed by atoms with Crippen molar-refractivity contribution >= 4 is 0 Å². The van der Waals surface area contributed by atoms with Crippen LogP contribution in [0, 0.1) is 19.8 Å². The fourth-order valence-electron chi connectivity index (χ4n) is 3.37. The maximum absolute atomic E-state index is 2.30. The highest BCUT2D eigenvalue weighted by atomic mass is 14.2. The van der Waals surface area contributed by atoms with Gasteiger partial charge in [0.15, 0.2) is 0 Å². The van der Waals surface area contributed by atoms with Crippen LogP contribution in [0.15, 0.2) is 48.5 Å². The summed E-state index contributed by atoms with van der Waals surface area (Å²) < 4.78 is 0. The van der Waals surface area contributed by atoms with Gasteiger partial charge in [0.2, 0.25) is 0 Å². The second-order valence-electron chi connectivity index (χ2n) is 7.41. The van der Waals surface area contributed by atoms with Crippen LogP contribution in [0.4, 0.5) is 0 Å². The number of hydrogen-bond acceptors (Lipinski definition) is 0. The molecule has 0 radical (unpaired) electrons.